The molecule has 0 fully saturated rings. The molecular formula is C60H40N2O. The smallest absolute Gasteiger partial charge is 0.135 e. The monoisotopic (exact) mass is 804 g/mol. The van der Waals surface area contributed by atoms with Gasteiger partial charge in [-0.15, -0.1) is 0 Å². The molecule has 3 nitrogen and oxygen atoms in total. The summed E-state index contributed by atoms with van der Waals surface area (Å²) >= 11 is 0. The van der Waals surface area contributed by atoms with Crippen molar-refractivity contribution < 1.29 is 4.42 Å². The Morgan fingerprint density at radius 2 is 0.778 bits per heavy atom. The van der Waals surface area contributed by atoms with E-state index < -0.39 is 0 Å². The summed E-state index contributed by atoms with van der Waals surface area (Å²) in [6.45, 7) is 0. The number of para-hydroxylation sites is 4. The number of furan rings is 1. The van der Waals surface area contributed by atoms with Gasteiger partial charge in [0.25, 0.3) is 0 Å². The highest BCUT2D eigenvalue weighted by Crippen LogP contribution is 2.46. The van der Waals surface area contributed by atoms with Crippen molar-refractivity contribution >= 4 is 60.8 Å². The highest BCUT2D eigenvalue weighted by atomic mass is 16.3. The minimum Gasteiger partial charge on any atom is -0.456 e. The Bertz CT molecular complexity index is 3560. The molecule has 0 atom stereocenters. The normalized spacial score (nSPS) is 11.5. The highest BCUT2D eigenvalue weighted by molar-refractivity contribution is 6.10. The Labute approximate surface area is 366 Å². The predicted molar refractivity (Wildman–Crippen MR) is 264 cm³/mol. The molecule has 296 valence electrons. The summed E-state index contributed by atoms with van der Waals surface area (Å²) in [6, 6.07) is 87.2. The van der Waals surface area contributed by atoms with Crippen molar-refractivity contribution in [2.45, 2.75) is 0 Å². The molecule has 63 heavy (non-hydrogen) atoms. The molecule has 0 aliphatic rings. The minimum atomic E-state index is 0.869. The average molecular weight is 805 g/mol. The number of hydrogen-bond donors (Lipinski definition) is 0. The van der Waals surface area contributed by atoms with Gasteiger partial charge in [-0.2, -0.15) is 0 Å². The SMILES string of the molecule is c1ccc(-c2ccc(-c3ccccc3-c3ccccc3-c3ccccc3N(c3ccc(-n4c5ccccc5c5ccccc54)cc3)c3ccc4oc5ccccc5c4c3)cc2)cc1. The quantitative estimate of drug-likeness (QED) is 0.153. The second kappa shape index (κ2) is 15.3. The van der Waals surface area contributed by atoms with E-state index >= 15 is 0 Å². The van der Waals surface area contributed by atoms with Gasteiger partial charge in [0.2, 0.25) is 0 Å². The van der Waals surface area contributed by atoms with E-state index in [4.69, 9.17) is 4.42 Å². The topological polar surface area (TPSA) is 21.3 Å². The van der Waals surface area contributed by atoms with E-state index in [1.165, 1.54) is 55.2 Å². The first-order valence-corrected chi connectivity index (χ1v) is 21.5. The van der Waals surface area contributed by atoms with Crippen LogP contribution in [-0.2, 0) is 0 Å². The maximum atomic E-state index is 6.34. The summed E-state index contributed by atoms with van der Waals surface area (Å²) in [5.74, 6) is 0. The molecule has 2 heterocycles. The zero-order valence-electron chi connectivity index (χ0n) is 34.4. The predicted octanol–water partition coefficient (Wildman–Crippen LogP) is 16.8. The third-order valence-electron chi connectivity index (χ3n) is 12.4. The van der Waals surface area contributed by atoms with E-state index in [2.05, 4.69) is 240 Å². The third-order valence-corrected chi connectivity index (χ3v) is 12.4. The standard InChI is InChI=1S/C60H40N2O/c1-2-16-41(17-3-1)42-30-32-43(33-31-42)47-18-4-5-19-48(47)49-20-6-7-21-50(49)51-22-8-12-26-56(51)61(46-38-39-60-55(40-46)54-25-11-15-29-59(54)63-60)44-34-36-45(37-35-44)62-57-27-13-9-23-52(57)53-24-10-14-28-58(53)62/h1-40H. The molecule has 12 rings (SSSR count). The molecule has 0 N–H and O–H groups in total. The first-order chi connectivity index (χ1) is 31.3. The van der Waals surface area contributed by atoms with Gasteiger partial charge in [-0.3, -0.25) is 0 Å². The van der Waals surface area contributed by atoms with Crippen molar-refractivity contribution in [3.05, 3.63) is 243 Å². The van der Waals surface area contributed by atoms with Crippen LogP contribution < -0.4 is 4.90 Å². The molecular weight excluding hydrogens is 765 g/mol. The highest BCUT2D eigenvalue weighted by Gasteiger charge is 2.22. The van der Waals surface area contributed by atoms with Gasteiger partial charge in [-0.25, -0.2) is 0 Å². The lowest BCUT2D eigenvalue weighted by Gasteiger charge is -2.29. The van der Waals surface area contributed by atoms with Gasteiger partial charge in [0.1, 0.15) is 11.2 Å². The minimum absolute atomic E-state index is 0.869. The fraction of sp³-hybridized carbons (Fsp3) is 0. The second-order valence-corrected chi connectivity index (χ2v) is 16.1. The lowest BCUT2D eigenvalue weighted by Crippen LogP contribution is -2.11. The van der Waals surface area contributed by atoms with Gasteiger partial charge in [0.15, 0.2) is 0 Å². The first kappa shape index (κ1) is 36.5. The molecule has 0 bridgehead atoms. The van der Waals surface area contributed by atoms with Crippen LogP contribution in [0, 0.1) is 0 Å². The summed E-state index contributed by atoms with van der Waals surface area (Å²) < 4.78 is 8.71. The molecule has 0 saturated heterocycles. The van der Waals surface area contributed by atoms with Crippen LogP contribution in [0.25, 0.3) is 93.9 Å². The number of hydrogen-bond acceptors (Lipinski definition) is 2. The van der Waals surface area contributed by atoms with Crippen molar-refractivity contribution in [2.75, 3.05) is 4.90 Å². The Morgan fingerprint density at radius 3 is 1.48 bits per heavy atom. The van der Waals surface area contributed by atoms with Gasteiger partial charge in [-0.1, -0.05) is 176 Å². The Hall–Kier alpha value is -8.40. The van der Waals surface area contributed by atoms with Gasteiger partial charge in [-0.05, 0) is 106 Å². The summed E-state index contributed by atoms with van der Waals surface area (Å²) in [4.78, 5) is 2.40. The summed E-state index contributed by atoms with van der Waals surface area (Å²) in [5.41, 5.74) is 17.8. The zero-order valence-corrected chi connectivity index (χ0v) is 34.4. The zero-order chi connectivity index (χ0) is 41.7. The molecule has 0 radical (unpaired) electrons. The van der Waals surface area contributed by atoms with Crippen LogP contribution in [0.1, 0.15) is 0 Å². The summed E-state index contributed by atoms with van der Waals surface area (Å²) in [7, 11) is 0. The van der Waals surface area contributed by atoms with Crippen LogP contribution in [0.4, 0.5) is 17.1 Å². The van der Waals surface area contributed by atoms with E-state index in [1.807, 2.05) is 12.1 Å². The molecule has 0 aliphatic carbocycles. The number of anilines is 3. The van der Waals surface area contributed by atoms with Crippen LogP contribution in [-0.4, -0.2) is 4.57 Å². The molecule has 0 spiro atoms. The van der Waals surface area contributed by atoms with E-state index in [0.717, 1.165) is 55.8 Å². The van der Waals surface area contributed by atoms with Crippen molar-refractivity contribution in [3.8, 4) is 50.2 Å². The van der Waals surface area contributed by atoms with Crippen molar-refractivity contribution in [1.29, 1.82) is 0 Å². The lowest BCUT2D eigenvalue weighted by molar-refractivity contribution is 0.669. The molecule has 0 saturated carbocycles. The number of nitrogens with zero attached hydrogens (tertiary/aromatic N) is 2. The fourth-order valence-corrected chi connectivity index (χ4v) is 9.52. The van der Waals surface area contributed by atoms with Crippen LogP contribution in [0.2, 0.25) is 0 Å². The van der Waals surface area contributed by atoms with Crippen molar-refractivity contribution in [3.63, 3.8) is 0 Å². The van der Waals surface area contributed by atoms with E-state index in [-0.39, 0.29) is 0 Å². The molecule has 2 aromatic heterocycles. The molecule has 0 unspecified atom stereocenters. The Kier molecular flexibility index (Phi) is 8.83. The molecule has 3 heteroatoms. The lowest BCUT2D eigenvalue weighted by atomic mass is 9.88. The molecule has 0 amide bonds. The average Bonchev–Trinajstić information content (AvgIpc) is 3.90. The molecule has 10 aromatic carbocycles. The first-order valence-electron chi connectivity index (χ1n) is 21.5. The van der Waals surface area contributed by atoms with Crippen LogP contribution in [0.5, 0.6) is 0 Å². The summed E-state index contributed by atoms with van der Waals surface area (Å²) in [6.07, 6.45) is 0. The number of fused-ring (bicyclic) bond motifs is 6. The van der Waals surface area contributed by atoms with Crippen LogP contribution >= 0.6 is 0 Å². The number of benzene rings is 10. The van der Waals surface area contributed by atoms with Gasteiger partial charge < -0.3 is 13.9 Å². The largest absolute Gasteiger partial charge is 0.456 e. The van der Waals surface area contributed by atoms with E-state index in [9.17, 15) is 0 Å². The van der Waals surface area contributed by atoms with E-state index in [1.54, 1.807) is 0 Å². The third kappa shape index (κ3) is 6.29. The van der Waals surface area contributed by atoms with Crippen molar-refractivity contribution in [1.82, 2.24) is 4.57 Å². The maximum absolute atomic E-state index is 6.34. The molecule has 0 aliphatic heterocycles. The van der Waals surface area contributed by atoms with Gasteiger partial charge in [0, 0.05) is 44.2 Å². The number of rotatable bonds is 8. The second-order valence-electron chi connectivity index (χ2n) is 16.1. The Morgan fingerprint density at radius 1 is 0.302 bits per heavy atom. The van der Waals surface area contributed by atoms with Crippen molar-refractivity contribution in [2.24, 2.45) is 0 Å². The number of aromatic nitrogens is 1. The van der Waals surface area contributed by atoms with Crippen LogP contribution in [0.3, 0.4) is 0 Å². The summed E-state index contributed by atoms with van der Waals surface area (Å²) in [5, 5.41) is 4.68. The molecule has 12 aromatic rings. The Balaban J connectivity index is 1.02. The van der Waals surface area contributed by atoms with Gasteiger partial charge in [0.05, 0.1) is 16.7 Å². The van der Waals surface area contributed by atoms with E-state index in [0.29, 0.717) is 0 Å². The maximum Gasteiger partial charge on any atom is 0.135 e. The van der Waals surface area contributed by atoms with Gasteiger partial charge >= 0.3 is 0 Å². The van der Waals surface area contributed by atoms with Crippen LogP contribution in [0.15, 0.2) is 247 Å². The fourth-order valence-electron chi connectivity index (χ4n) is 9.52.